The van der Waals surface area contributed by atoms with Crippen molar-refractivity contribution in [1.82, 2.24) is 10.2 Å². The zero-order chi connectivity index (χ0) is 15.4. The van der Waals surface area contributed by atoms with Crippen LogP contribution in [0.2, 0.25) is 10.0 Å². The fraction of sp³-hybridized carbons (Fsp3) is 0.533. The van der Waals surface area contributed by atoms with Crippen molar-refractivity contribution in [2.75, 3.05) is 31.1 Å². The van der Waals surface area contributed by atoms with E-state index >= 15 is 0 Å². The zero-order valence-corrected chi connectivity index (χ0v) is 13.9. The second kappa shape index (κ2) is 7.23. The van der Waals surface area contributed by atoms with Gasteiger partial charge in [0.25, 0.3) is 0 Å². The van der Waals surface area contributed by atoms with Crippen molar-refractivity contribution in [3.63, 3.8) is 0 Å². The summed E-state index contributed by atoms with van der Waals surface area (Å²) in [6, 6.07) is 5.77. The van der Waals surface area contributed by atoms with Crippen molar-refractivity contribution >= 4 is 34.9 Å². The van der Waals surface area contributed by atoms with Crippen molar-refractivity contribution in [2.45, 2.75) is 26.3 Å². The number of hydrogen-bond donors (Lipinski definition) is 1. The van der Waals surface area contributed by atoms with E-state index in [2.05, 4.69) is 17.1 Å². The number of carbonyl (C=O) groups is 1. The molecule has 1 saturated heterocycles. The van der Waals surface area contributed by atoms with Crippen LogP contribution in [0.1, 0.15) is 20.3 Å². The van der Waals surface area contributed by atoms with Crippen molar-refractivity contribution in [1.29, 1.82) is 0 Å². The van der Waals surface area contributed by atoms with Gasteiger partial charge in [0, 0.05) is 48.0 Å². The van der Waals surface area contributed by atoms with E-state index in [4.69, 9.17) is 23.2 Å². The van der Waals surface area contributed by atoms with Crippen molar-refractivity contribution in [3.8, 4) is 0 Å². The van der Waals surface area contributed by atoms with Gasteiger partial charge >= 0.3 is 6.03 Å². The van der Waals surface area contributed by atoms with Gasteiger partial charge in [-0.05, 0) is 31.5 Å². The van der Waals surface area contributed by atoms with Crippen LogP contribution in [0.25, 0.3) is 0 Å². The maximum atomic E-state index is 12.1. The first-order chi connectivity index (χ1) is 9.99. The van der Waals surface area contributed by atoms with Gasteiger partial charge in [0.2, 0.25) is 0 Å². The number of urea groups is 1. The first-order valence-corrected chi connectivity index (χ1v) is 8.01. The Bertz CT molecular complexity index is 481. The number of benzene rings is 1. The molecule has 0 aliphatic carbocycles. The summed E-state index contributed by atoms with van der Waals surface area (Å²) >= 11 is 12.1. The molecule has 1 N–H and O–H groups in total. The highest BCUT2D eigenvalue weighted by molar-refractivity contribution is 6.35. The highest BCUT2D eigenvalue weighted by Crippen LogP contribution is 2.26. The van der Waals surface area contributed by atoms with Crippen LogP contribution in [-0.2, 0) is 0 Å². The van der Waals surface area contributed by atoms with Crippen LogP contribution >= 0.6 is 23.2 Å². The summed E-state index contributed by atoms with van der Waals surface area (Å²) in [5.74, 6) is 0. The molecule has 4 nitrogen and oxygen atoms in total. The number of nitrogens with zero attached hydrogens (tertiary/aromatic N) is 2. The molecule has 1 aliphatic rings. The number of nitrogens with one attached hydrogen (secondary N) is 1. The van der Waals surface area contributed by atoms with Crippen LogP contribution in [0.3, 0.4) is 0 Å². The molecule has 1 atom stereocenters. The van der Waals surface area contributed by atoms with E-state index in [0.717, 1.165) is 25.2 Å². The molecule has 1 heterocycles. The molecule has 1 aromatic carbocycles. The molecular formula is C15H21Cl2N3O. The smallest absolute Gasteiger partial charge is 0.317 e. The summed E-state index contributed by atoms with van der Waals surface area (Å²) < 4.78 is 0. The summed E-state index contributed by atoms with van der Waals surface area (Å²) in [5.41, 5.74) is 1.01. The molecule has 0 aromatic heterocycles. The van der Waals surface area contributed by atoms with E-state index in [1.807, 2.05) is 24.0 Å². The molecule has 6 heteroatoms. The molecule has 0 spiro atoms. The second-order valence-corrected chi connectivity index (χ2v) is 6.23. The number of carbonyl (C=O) groups excluding carboxylic acids is 1. The Morgan fingerprint density at radius 1 is 1.19 bits per heavy atom. The monoisotopic (exact) mass is 329 g/mol. The summed E-state index contributed by atoms with van der Waals surface area (Å²) in [4.78, 5) is 16.1. The fourth-order valence-corrected chi connectivity index (χ4v) is 2.81. The minimum atomic E-state index is 0.0214. The van der Waals surface area contributed by atoms with Crippen molar-refractivity contribution in [2.24, 2.45) is 0 Å². The predicted octanol–water partition coefficient (Wildman–Crippen LogP) is 3.62. The topological polar surface area (TPSA) is 35.6 Å². The van der Waals surface area contributed by atoms with Crippen LogP contribution in [-0.4, -0.2) is 43.2 Å². The van der Waals surface area contributed by atoms with E-state index in [0.29, 0.717) is 23.1 Å². The van der Waals surface area contributed by atoms with E-state index in [1.54, 1.807) is 6.07 Å². The molecule has 1 aromatic rings. The number of anilines is 1. The molecule has 1 fully saturated rings. The molecule has 0 radical (unpaired) electrons. The molecule has 2 amide bonds. The van der Waals surface area contributed by atoms with Crippen LogP contribution in [0.15, 0.2) is 18.2 Å². The predicted molar refractivity (Wildman–Crippen MR) is 88.5 cm³/mol. The summed E-state index contributed by atoms with van der Waals surface area (Å²) in [6.45, 7) is 7.04. The van der Waals surface area contributed by atoms with Gasteiger partial charge in [-0.25, -0.2) is 4.79 Å². The standard InChI is InChI=1S/C15H21Cl2N3O/c1-3-11(2)18-15(21)20-6-4-19(5-7-20)14-9-12(16)8-13(17)10-14/h8-11H,3-7H2,1-2H3,(H,18,21). The number of halogens is 2. The van der Waals surface area contributed by atoms with E-state index < -0.39 is 0 Å². The minimum absolute atomic E-state index is 0.0214. The average Bonchev–Trinajstić information content (AvgIpc) is 2.46. The van der Waals surface area contributed by atoms with E-state index in [-0.39, 0.29) is 12.1 Å². The normalized spacial score (nSPS) is 16.8. The first-order valence-electron chi connectivity index (χ1n) is 7.26. The Hall–Kier alpha value is -1.13. The average molecular weight is 330 g/mol. The molecule has 0 saturated carbocycles. The van der Waals surface area contributed by atoms with Gasteiger partial charge in [-0.3, -0.25) is 0 Å². The van der Waals surface area contributed by atoms with E-state index in [9.17, 15) is 4.79 Å². The third kappa shape index (κ3) is 4.42. The molecule has 1 unspecified atom stereocenters. The summed E-state index contributed by atoms with van der Waals surface area (Å²) in [7, 11) is 0. The zero-order valence-electron chi connectivity index (χ0n) is 12.4. The summed E-state index contributed by atoms with van der Waals surface area (Å²) in [6.07, 6.45) is 0.937. The lowest BCUT2D eigenvalue weighted by atomic mass is 10.2. The minimum Gasteiger partial charge on any atom is -0.368 e. The fourth-order valence-electron chi connectivity index (χ4n) is 2.29. The number of amides is 2. The first kappa shape index (κ1) is 16.2. The second-order valence-electron chi connectivity index (χ2n) is 5.36. The quantitative estimate of drug-likeness (QED) is 0.919. The van der Waals surface area contributed by atoms with Crippen molar-refractivity contribution < 1.29 is 4.79 Å². The van der Waals surface area contributed by atoms with Gasteiger partial charge in [-0.15, -0.1) is 0 Å². The maximum Gasteiger partial charge on any atom is 0.317 e. The Labute approximate surface area is 136 Å². The molecule has 1 aliphatic heterocycles. The van der Waals surface area contributed by atoms with Gasteiger partial charge < -0.3 is 15.1 Å². The Kier molecular flexibility index (Phi) is 5.59. The van der Waals surface area contributed by atoms with E-state index in [1.165, 1.54) is 0 Å². The van der Waals surface area contributed by atoms with Crippen LogP contribution < -0.4 is 10.2 Å². The highest BCUT2D eigenvalue weighted by atomic mass is 35.5. The third-order valence-corrected chi connectivity index (χ3v) is 4.20. The lowest BCUT2D eigenvalue weighted by molar-refractivity contribution is 0.191. The van der Waals surface area contributed by atoms with Crippen LogP contribution in [0.4, 0.5) is 10.5 Å². The van der Waals surface area contributed by atoms with Crippen molar-refractivity contribution in [3.05, 3.63) is 28.2 Å². The van der Waals surface area contributed by atoms with Gasteiger partial charge in [0.1, 0.15) is 0 Å². The van der Waals surface area contributed by atoms with Gasteiger partial charge in [0.15, 0.2) is 0 Å². The maximum absolute atomic E-state index is 12.1. The lowest BCUT2D eigenvalue weighted by Crippen LogP contribution is -2.53. The summed E-state index contributed by atoms with van der Waals surface area (Å²) in [5, 5.41) is 4.27. The van der Waals surface area contributed by atoms with Crippen LogP contribution in [0.5, 0.6) is 0 Å². The largest absolute Gasteiger partial charge is 0.368 e. The third-order valence-electron chi connectivity index (χ3n) is 3.76. The molecular weight excluding hydrogens is 309 g/mol. The molecule has 116 valence electrons. The van der Waals surface area contributed by atoms with Gasteiger partial charge in [-0.2, -0.15) is 0 Å². The molecule has 21 heavy (non-hydrogen) atoms. The lowest BCUT2D eigenvalue weighted by Gasteiger charge is -2.36. The SMILES string of the molecule is CCC(C)NC(=O)N1CCN(c2cc(Cl)cc(Cl)c2)CC1. The Morgan fingerprint density at radius 2 is 1.76 bits per heavy atom. The Morgan fingerprint density at radius 3 is 2.29 bits per heavy atom. The number of hydrogen-bond acceptors (Lipinski definition) is 2. The highest BCUT2D eigenvalue weighted by Gasteiger charge is 2.22. The molecule has 0 bridgehead atoms. The Balaban J connectivity index is 1.92. The van der Waals surface area contributed by atoms with Gasteiger partial charge in [0.05, 0.1) is 0 Å². The van der Waals surface area contributed by atoms with Crippen LogP contribution in [0, 0.1) is 0 Å². The number of rotatable bonds is 3. The molecule has 2 rings (SSSR count). The number of piperazine rings is 1. The van der Waals surface area contributed by atoms with Gasteiger partial charge in [-0.1, -0.05) is 30.1 Å².